The fourth-order valence-corrected chi connectivity index (χ4v) is 4.89. The van der Waals surface area contributed by atoms with Gasteiger partial charge in [0.1, 0.15) is 0 Å². The van der Waals surface area contributed by atoms with Gasteiger partial charge in [0.2, 0.25) is 0 Å². The largest absolute Gasteiger partial charge is 0.392 e. The molecule has 1 heterocycles. The zero-order valence-electron chi connectivity index (χ0n) is 9.19. The van der Waals surface area contributed by atoms with Crippen LogP contribution >= 0.6 is 39.0 Å². The maximum atomic E-state index is 9.94. The van der Waals surface area contributed by atoms with Crippen molar-refractivity contribution in [3.63, 3.8) is 0 Å². The summed E-state index contributed by atoms with van der Waals surface area (Å²) in [5.41, 5.74) is 0. The Bertz CT molecular complexity index is 321. The Kier molecular flexibility index (Phi) is 5.20. The first kappa shape index (κ1) is 12.9. The van der Waals surface area contributed by atoms with Crippen LogP contribution in [0, 0.1) is 0 Å². The van der Waals surface area contributed by atoms with Crippen LogP contribution in [0.2, 0.25) is 0 Å². The average Bonchev–Trinajstić information content (AvgIpc) is 2.87. The van der Waals surface area contributed by atoms with Crippen molar-refractivity contribution >= 4 is 39.0 Å². The van der Waals surface area contributed by atoms with Crippen LogP contribution in [0.25, 0.3) is 0 Å². The van der Waals surface area contributed by atoms with E-state index in [1.165, 1.54) is 30.6 Å². The van der Waals surface area contributed by atoms with Crippen LogP contribution in [0.4, 0.5) is 0 Å². The minimum absolute atomic E-state index is 0.184. The molecule has 1 aromatic heterocycles. The topological polar surface area (TPSA) is 20.2 Å². The average molecular weight is 321 g/mol. The van der Waals surface area contributed by atoms with Crippen LogP contribution in [0.3, 0.4) is 0 Å². The summed E-state index contributed by atoms with van der Waals surface area (Å²) in [4.78, 5) is 1.27. The Morgan fingerprint density at radius 3 is 2.81 bits per heavy atom. The molecule has 0 bridgehead atoms. The Morgan fingerprint density at radius 2 is 2.19 bits per heavy atom. The predicted molar refractivity (Wildman–Crippen MR) is 76.4 cm³/mol. The van der Waals surface area contributed by atoms with Crippen molar-refractivity contribution in [2.24, 2.45) is 0 Å². The molecule has 0 amide bonds. The molecule has 1 saturated carbocycles. The molecule has 1 nitrogen and oxygen atoms in total. The molecule has 1 aromatic rings. The minimum atomic E-state index is -0.184. The highest BCUT2D eigenvalue weighted by atomic mass is 79.9. The first-order valence-electron chi connectivity index (χ1n) is 5.78. The molecule has 0 saturated heterocycles. The van der Waals surface area contributed by atoms with Gasteiger partial charge in [-0.25, -0.2) is 0 Å². The molecule has 0 aliphatic heterocycles. The Morgan fingerprint density at radius 1 is 1.44 bits per heavy atom. The van der Waals surface area contributed by atoms with Crippen molar-refractivity contribution < 1.29 is 5.11 Å². The number of thiophene rings is 1. The van der Waals surface area contributed by atoms with Crippen molar-refractivity contribution in [1.29, 1.82) is 0 Å². The van der Waals surface area contributed by atoms with E-state index in [-0.39, 0.29) is 6.10 Å². The van der Waals surface area contributed by atoms with E-state index in [2.05, 4.69) is 28.1 Å². The molecule has 16 heavy (non-hydrogen) atoms. The van der Waals surface area contributed by atoms with Crippen molar-refractivity contribution in [2.45, 2.75) is 43.5 Å². The molecule has 1 fully saturated rings. The van der Waals surface area contributed by atoms with E-state index in [0.29, 0.717) is 0 Å². The van der Waals surface area contributed by atoms with Gasteiger partial charge in [-0.2, -0.15) is 11.8 Å². The summed E-state index contributed by atoms with van der Waals surface area (Å²) in [6.45, 7) is 0. The van der Waals surface area contributed by atoms with Gasteiger partial charge in [0.15, 0.2) is 0 Å². The van der Waals surface area contributed by atoms with Crippen molar-refractivity contribution in [1.82, 2.24) is 0 Å². The maximum Gasteiger partial charge on any atom is 0.0701 e. The van der Waals surface area contributed by atoms with E-state index in [1.807, 2.05) is 11.8 Å². The summed E-state index contributed by atoms with van der Waals surface area (Å²) in [5, 5.41) is 10.8. The third-order valence-electron chi connectivity index (χ3n) is 2.89. The van der Waals surface area contributed by atoms with E-state index < -0.39 is 0 Å². The number of hydrogen-bond donors (Lipinski definition) is 1. The maximum absolute atomic E-state index is 9.94. The molecule has 90 valence electrons. The fourth-order valence-electron chi connectivity index (χ4n) is 2.05. The molecule has 1 aliphatic rings. The normalized spacial score (nSPS) is 19.1. The van der Waals surface area contributed by atoms with Gasteiger partial charge in [-0.1, -0.05) is 12.8 Å². The predicted octanol–water partition coefficient (Wildman–Crippen LogP) is 4.09. The minimum Gasteiger partial charge on any atom is -0.392 e. The van der Waals surface area contributed by atoms with E-state index in [4.69, 9.17) is 0 Å². The number of aliphatic hydroxyl groups excluding tert-OH is 1. The van der Waals surface area contributed by atoms with Gasteiger partial charge in [-0.15, -0.1) is 11.3 Å². The van der Waals surface area contributed by atoms with E-state index in [9.17, 15) is 5.11 Å². The van der Waals surface area contributed by atoms with Crippen molar-refractivity contribution in [2.75, 3.05) is 5.75 Å². The van der Waals surface area contributed by atoms with Crippen molar-refractivity contribution in [3.05, 3.63) is 20.8 Å². The number of aliphatic hydroxyl groups is 1. The fraction of sp³-hybridized carbons (Fsp3) is 0.667. The van der Waals surface area contributed by atoms with Gasteiger partial charge in [-0.3, -0.25) is 0 Å². The summed E-state index contributed by atoms with van der Waals surface area (Å²) in [6, 6.07) is 4.15. The summed E-state index contributed by atoms with van der Waals surface area (Å²) >= 11 is 7.13. The third kappa shape index (κ3) is 4.06. The highest BCUT2D eigenvalue weighted by molar-refractivity contribution is 9.11. The lowest BCUT2D eigenvalue weighted by molar-refractivity contribution is 0.201. The molecular weight excluding hydrogens is 304 g/mol. The number of halogens is 1. The summed E-state index contributed by atoms with van der Waals surface area (Å²) in [5.74, 6) is 0.889. The molecule has 4 heteroatoms. The van der Waals surface area contributed by atoms with Gasteiger partial charge in [0.25, 0.3) is 0 Å². The first-order chi connectivity index (χ1) is 7.74. The van der Waals surface area contributed by atoms with Crippen LogP contribution in [-0.4, -0.2) is 22.2 Å². The number of thioether (sulfide) groups is 1. The van der Waals surface area contributed by atoms with Crippen LogP contribution in [0.15, 0.2) is 15.9 Å². The van der Waals surface area contributed by atoms with Gasteiger partial charge in [0, 0.05) is 22.3 Å². The Balaban J connectivity index is 1.69. The quantitative estimate of drug-likeness (QED) is 0.881. The Labute approximate surface area is 114 Å². The summed E-state index contributed by atoms with van der Waals surface area (Å²) in [6.07, 6.45) is 6.08. The molecule has 0 aromatic carbocycles. The highest BCUT2D eigenvalue weighted by Gasteiger charge is 2.17. The monoisotopic (exact) mass is 320 g/mol. The molecule has 1 atom stereocenters. The van der Waals surface area contributed by atoms with E-state index >= 15 is 0 Å². The van der Waals surface area contributed by atoms with Crippen molar-refractivity contribution in [3.8, 4) is 0 Å². The van der Waals surface area contributed by atoms with Gasteiger partial charge in [-0.05, 0) is 40.9 Å². The highest BCUT2D eigenvalue weighted by Crippen LogP contribution is 2.30. The Hall–Kier alpha value is 0.490. The molecule has 1 unspecified atom stereocenters. The van der Waals surface area contributed by atoms with E-state index in [0.717, 1.165) is 21.2 Å². The molecule has 0 spiro atoms. The van der Waals surface area contributed by atoms with Crippen LogP contribution in [0.1, 0.15) is 30.6 Å². The van der Waals surface area contributed by atoms with Crippen LogP contribution < -0.4 is 0 Å². The number of hydrogen-bond acceptors (Lipinski definition) is 3. The standard InChI is InChI=1S/C12H17BrOS2/c13-12-6-5-11(16-12)7-9(14)8-15-10-3-1-2-4-10/h5-6,9-10,14H,1-4,7-8H2. The van der Waals surface area contributed by atoms with Gasteiger partial charge in [0.05, 0.1) is 9.89 Å². The summed E-state index contributed by atoms with van der Waals surface area (Å²) < 4.78 is 1.15. The smallest absolute Gasteiger partial charge is 0.0701 e. The molecule has 1 N–H and O–H groups in total. The lowest BCUT2D eigenvalue weighted by atomic mass is 10.2. The van der Waals surface area contributed by atoms with Crippen LogP contribution in [0.5, 0.6) is 0 Å². The molecule has 0 radical (unpaired) electrons. The van der Waals surface area contributed by atoms with E-state index in [1.54, 1.807) is 11.3 Å². The van der Waals surface area contributed by atoms with Gasteiger partial charge < -0.3 is 5.11 Å². The molecule has 1 aliphatic carbocycles. The SMILES string of the molecule is OC(CSC1CCCC1)Cc1ccc(Br)s1. The zero-order valence-corrected chi connectivity index (χ0v) is 12.4. The lowest BCUT2D eigenvalue weighted by Crippen LogP contribution is -2.14. The van der Waals surface area contributed by atoms with Gasteiger partial charge >= 0.3 is 0 Å². The second-order valence-electron chi connectivity index (χ2n) is 4.30. The zero-order chi connectivity index (χ0) is 11.4. The third-order valence-corrected chi connectivity index (χ3v) is 6.06. The second-order valence-corrected chi connectivity index (χ2v) is 8.18. The lowest BCUT2D eigenvalue weighted by Gasteiger charge is -2.12. The molecule has 2 rings (SSSR count). The summed E-state index contributed by atoms with van der Waals surface area (Å²) in [7, 11) is 0. The second kappa shape index (κ2) is 6.43. The van der Waals surface area contributed by atoms with Crippen LogP contribution in [-0.2, 0) is 6.42 Å². The number of rotatable bonds is 5. The molecular formula is C12H17BrOS2. The first-order valence-corrected chi connectivity index (χ1v) is 8.44.